The molecule has 16 rings (SSSR count). The van der Waals surface area contributed by atoms with Gasteiger partial charge in [0.05, 0.1) is 77.4 Å². The molecule has 2 amide bonds. The van der Waals surface area contributed by atoms with Gasteiger partial charge in [0, 0.05) is 149 Å². The zero-order valence-electron chi connectivity index (χ0n) is 73.1. The lowest BCUT2D eigenvalue weighted by molar-refractivity contribution is -0.122. The molecule has 3 saturated heterocycles. The van der Waals surface area contributed by atoms with Crippen LogP contribution in [-0.4, -0.2) is 216 Å². The molecule has 2 aliphatic carbocycles. The van der Waals surface area contributed by atoms with Crippen LogP contribution in [0.15, 0.2) is 164 Å². The van der Waals surface area contributed by atoms with Gasteiger partial charge < -0.3 is 77.8 Å². The molecule has 11 aromatic rings. The number of carbonyl (C=O) groups is 2. The van der Waals surface area contributed by atoms with Gasteiger partial charge in [-0.15, -0.1) is 0 Å². The number of carbonyl (C=O) groups excluding carboxylic acids is 2. The molecule has 0 atom stereocenters. The van der Waals surface area contributed by atoms with Gasteiger partial charge in [0.25, 0.3) is 10.1 Å². The molecular formula is C96H120Br2N10O16S. The summed E-state index contributed by atoms with van der Waals surface area (Å²) < 4.78 is 70.7. The van der Waals surface area contributed by atoms with Crippen LogP contribution in [0.25, 0.3) is 65.8 Å². The summed E-state index contributed by atoms with van der Waals surface area (Å²) in [4.78, 5) is 84.1. The van der Waals surface area contributed by atoms with Gasteiger partial charge in [-0.05, 0) is 218 Å². The van der Waals surface area contributed by atoms with Crippen LogP contribution in [0.5, 0.6) is 34.5 Å². The molecule has 2 saturated carbocycles. The first kappa shape index (κ1) is 94.7. The molecule has 8 heterocycles. The van der Waals surface area contributed by atoms with Crippen molar-refractivity contribution in [3.05, 3.63) is 195 Å². The lowest BCUT2D eigenvalue weighted by Gasteiger charge is -2.33. The summed E-state index contributed by atoms with van der Waals surface area (Å²) in [5.41, 5.74) is 7.07. The van der Waals surface area contributed by atoms with Crippen molar-refractivity contribution in [2.75, 3.05) is 144 Å². The van der Waals surface area contributed by atoms with Crippen molar-refractivity contribution < 1.29 is 59.5 Å². The average Bonchev–Trinajstić information content (AvgIpc) is 1.08. The summed E-state index contributed by atoms with van der Waals surface area (Å²) in [5, 5.41) is 21.7. The van der Waals surface area contributed by atoms with E-state index in [0.29, 0.717) is 152 Å². The highest BCUT2D eigenvalue weighted by Gasteiger charge is 2.24. The van der Waals surface area contributed by atoms with E-state index in [9.17, 15) is 32.4 Å². The van der Waals surface area contributed by atoms with Crippen molar-refractivity contribution in [3.63, 3.8) is 0 Å². The number of nitrogens with zero attached hydrogens (tertiary/aromatic N) is 7. The van der Waals surface area contributed by atoms with Gasteiger partial charge in [0.1, 0.15) is 34.0 Å². The van der Waals surface area contributed by atoms with Crippen molar-refractivity contribution in [1.29, 1.82) is 0 Å². The first-order valence-electron chi connectivity index (χ1n) is 44.2. The number of aromatic nitrogens is 2. The Morgan fingerprint density at radius 2 is 0.856 bits per heavy atom. The third-order valence-electron chi connectivity index (χ3n) is 23.1. The second-order valence-corrected chi connectivity index (χ2v) is 36.2. The summed E-state index contributed by atoms with van der Waals surface area (Å²) >= 11 is 6.82. The number of amides is 2. The molecule has 0 radical (unpaired) electrons. The van der Waals surface area contributed by atoms with Crippen molar-refractivity contribution in [1.82, 2.24) is 50.4 Å². The highest BCUT2D eigenvalue weighted by molar-refractivity contribution is 9.10. The molecule has 0 bridgehead atoms. The number of halogens is 2. The minimum Gasteiger partial charge on any atom is -0.506 e. The average molecular weight is 1860 g/mol. The zero-order chi connectivity index (χ0) is 88.4. The number of aromatic hydroxyl groups is 1. The molecule has 3 aliphatic heterocycles. The minimum absolute atomic E-state index is 0.0175. The summed E-state index contributed by atoms with van der Waals surface area (Å²) in [6.45, 7) is 33.1. The van der Waals surface area contributed by atoms with E-state index in [2.05, 4.69) is 107 Å². The normalized spacial score (nSPS) is 15.8. The van der Waals surface area contributed by atoms with E-state index in [1.165, 1.54) is 64.6 Å². The van der Waals surface area contributed by atoms with Gasteiger partial charge in [0.2, 0.25) is 28.1 Å². The molecule has 0 spiro atoms. The van der Waals surface area contributed by atoms with Gasteiger partial charge in [-0.1, -0.05) is 78.3 Å². The number of fused-ring (bicyclic) bond motifs is 6. The highest BCUT2D eigenvalue weighted by atomic mass is 79.9. The largest absolute Gasteiger partial charge is 0.506 e. The SMILES string of the molecule is CCN1CCN(CCCOc2cc(C)cc3c(=O)c4ccc(Br)cc4oc23)CC1.CCN1CCN(CCCOc2cc(C)cc3c(=O)c4ccc(Oc5ccc(CCC(=O)NC6CCCC6)nc5)cc4oc23)CC1.CCN1CCNCC1.Cc1cc(OCCCOS(C)(=O)=O)c2oc3cc(Br)ccc3c(=O)c2c1.O=C(CCc1ccc(O)cn1)NC1CCCC1. The number of likely N-dealkylation sites (N-methyl/N-ethyl adjacent to an activating group) is 3. The second-order valence-electron chi connectivity index (χ2n) is 32.7. The number of ether oxygens (including phenoxy) is 4. The van der Waals surface area contributed by atoms with E-state index in [1.54, 1.807) is 72.9 Å². The van der Waals surface area contributed by atoms with Crippen molar-refractivity contribution in [2.24, 2.45) is 0 Å². The Labute approximate surface area is 748 Å². The quantitative estimate of drug-likeness (QED) is 0.0192. The van der Waals surface area contributed by atoms with Crippen LogP contribution in [-0.2, 0) is 36.7 Å². The number of aryl methyl sites for hydroxylation is 5. The van der Waals surface area contributed by atoms with Gasteiger partial charge in [-0.25, -0.2) is 0 Å². The van der Waals surface area contributed by atoms with Gasteiger partial charge in [-0.2, -0.15) is 8.42 Å². The Hall–Kier alpha value is -9.40. The van der Waals surface area contributed by atoms with Crippen LogP contribution in [0.2, 0.25) is 0 Å². The van der Waals surface area contributed by atoms with Gasteiger partial charge in [-0.3, -0.25) is 38.1 Å². The van der Waals surface area contributed by atoms with Crippen LogP contribution in [0.3, 0.4) is 0 Å². The number of piperazine rings is 3. The van der Waals surface area contributed by atoms with Crippen LogP contribution in [0.4, 0.5) is 0 Å². The van der Waals surface area contributed by atoms with Crippen molar-refractivity contribution >= 4 is 120 Å². The molecule has 29 heteroatoms. The number of benzene rings is 6. The molecule has 5 aliphatic rings. The van der Waals surface area contributed by atoms with Crippen molar-refractivity contribution in [3.8, 4) is 34.5 Å². The maximum atomic E-state index is 13.5. The fraction of sp³-hybridized carbons (Fsp3) is 0.469. The Bertz CT molecular complexity index is 5730. The maximum Gasteiger partial charge on any atom is 0.264 e. The number of pyridine rings is 2. The van der Waals surface area contributed by atoms with E-state index in [-0.39, 0.29) is 47.1 Å². The Morgan fingerprint density at radius 1 is 0.472 bits per heavy atom. The fourth-order valence-corrected chi connectivity index (χ4v) is 17.2. The number of hydrogen-bond acceptors (Lipinski definition) is 24. The number of hydrogen-bond donors (Lipinski definition) is 4. The number of rotatable bonds is 29. The zero-order valence-corrected chi connectivity index (χ0v) is 77.1. The first-order chi connectivity index (χ1) is 60.4. The van der Waals surface area contributed by atoms with E-state index >= 15 is 0 Å². The predicted octanol–water partition coefficient (Wildman–Crippen LogP) is 15.7. The minimum atomic E-state index is -3.46. The molecule has 6 aromatic carbocycles. The molecule has 26 nitrogen and oxygen atoms in total. The second kappa shape index (κ2) is 46.9. The maximum absolute atomic E-state index is 13.5. The van der Waals surface area contributed by atoms with Crippen LogP contribution in [0, 0.1) is 20.8 Å². The molecule has 4 N–H and O–H groups in total. The topological polar surface area (TPSA) is 303 Å². The molecule has 5 aromatic heterocycles. The summed E-state index contributed by atoms with van der Waals surface area (Å²) in [5.74, 6) is 3.12. The van der Waals surface area contributed by atoms with Gasteiger partial charge >= 0.3 is 0 Å². The molecule has 0 unspecified atom stereocenters. The van der Waals surface area contributed by atoms with E-state index in [1.807, 2.05) is 69.3 Å². The third-order valence-corrected chi connectivity index (χ3v) is 24.7. The summed E-state index contributed by atoms with van der Waals surface area (Å²) in [6, 6.07) is 34.9. The van der Waals surface area contributed by atoms with E-state index in [0.717, 1.165) is 160 Å². The molecule has 670 valence electrons. The van der Waals surface area contributed by atoms with Gasteiger partial charge in [0.15, 0.2) is 34.0 Å². The lowest BCUT2D eigenvalue weighted by atomic mass is 10.1. The Kier molecular flexibility index (Phi) is 35.5. The molecule has 125 heavy (non-hydrogen) atoms. The van der Waals surface area contributed by atoms with Crippen LogP contribution >= 0.6 is 31.9 Å². The first-order valence-corrected chi connectivity index (χ1v) is 47.6. The highest BCUT2D eigenvalue weighted by Crippen LogP contribution is 2.35. The van der Waals surface area contributed by atoms with E-state index in [4.69, 9.17) is 37.3 Å². The van der Waals surface area contributed by atoms with Crippen molar-refractivity contribution in [2.45, 2.75) is 150 Å². The van der Waals surface area contributed by atoms with E-state index < -0.39 is 10.1 Å². The molecule has 5 fully saturated rings. The third kappa shape index (κ3) is 28.3. The monoisotopic (exact) mass is 1860 g/mol. The van der Waals surface area contributed by atoms with Crippen LogP contribution < -0.4 is 51.2 Å². The standard InChI is InChI=1S/C36H44N4O5.C23H27BrN2O3.C18H17BrO6S.C13H18N2O2.C6H14N2/c1-3-39-16-18-40(19-17-39)15-6-20-43-33-22-25(2)21-31-35(42)30-13-12-28(23-32(30)45-36(31)33)44-29-11-9-26(37-24-29)10-14-34(41)38-27-7-4-5-8-27;1-3-25-8-10-26(11-9-25)7-4-12-28-21-14-16(2)13-19-22(27)18-6-5-17(24)15-20(18)29-23(19)21;1-11-8-14-17(20)13-5-4-12(19)10-15(13)25-18(14)16(9-11)23-6-3-7-24-26(2,21)22;16-12-7-5-10(14-9-12)6-8-13(17)15-11-3-1-2-4-11;1-2-8-5-3-7-4-6-8/h9,11-13,21-24,27H,3-8,10,14-20H2,1-2H3,(H,38,41);5-6,13-15H,3-4,7-12H2,1-2H3;4-5,8-10H,3,6-7H2,1-2H3;5,7,9,11,16H,1-4,6,8H2,(H,15,17);7H,2-6H2,1H3. The summed E-state index contributed by atoms with van der Waals surface area (Å²) in [7, 11) is -3.46. The molecular weight excluding hydrogens is 1740 g/mol. The predicted molar refractivity (Wildman–Crippen MR) is 500 cm³/mol. The number of nitrogens with one attached hydrogen (secondary N) is 3. The Morgan fingerprint density at radius 3 is 1.25 bits per heavy atom. The lowest BCUT2D eigenvalue weighted by Crippen LogP contribution is -2.46. The fourth-order valence-electron chi connectivity index (χ4n) is 16.1. The summed E-state index contributed by atoms with van der Waals surface area (Å²) in [6.07, 6.45) is 17.6. The smallest absolute Gasteiger partial charge is 0.264 e. The Balaban J connectivity index is 0.000000154. The van der Waals surface area contributed by atoms with Crippen LogP contribution in [0.1, 0.15) is 132 Å².